The fourth-order valence-electron chi connectivity index (χ4n) is 4.12. The highest BCUT2D eigenvalue weighted by molar-refractivity contribution is 6.30. The minimum atomic E-state index is -0.111. The maximum Gasteiger partial charge on any atom is 0.271 e. The van der Waals surface area contributed by atoms with Gasteiger partial charge in [0.15, 0.2) is 0 Å². The molecule has 1 aromatic carbocycles. The first kappa shape index (κ1) is 21.7. The third kappa shape index (κ3) is 5.13. The molecule has 2 aromatic rings. The smallest absolute Gasteiger partial charge is 0.271 e. The molecule has 1 N–H and O–H groups in total. The summed E-state index contributed by atoms with van der Waals surface area (Å²) in [4.78, 5) is 17.6. The molecule has 0 atom stereocenters. The summed E-state index contributed by atoms with van der Waals surface area (Å²) in [6.45, 7) is 5.64. The summed E-state index contributed by atoms with van der Waals surface area (Å²) in [6, 6.07) is 5.54. The molecule has 1 aliphatic rings. The average Bonchev–Trinajstić information content (AvgIpc) is 3.05. The Kier molecular flexibility index (Phi) is 7.59. The number of carbonyl (C=O) groups excluding carboxylic acids is 1. The summed E-state index contributed by atoms with van der Waals surface area (Å²) in [6.07, 6.45) is 8.32. The number of nitrogens with zero attached hydrogens (tertiary/aromatic N) is 2. The quantitative estimate of drug-likeness (QED) is 0.566. The average molecular weight is 418 g/mol. The van der Waals surface area contributed by atoms with Crippen LogP contribution in [0.1, 0.15) is 68.1 Å². The van der Waals surface area contributed by atoms with Crippen LogP contribution in [0.5, 0.6) is 5.75 Å². The van der Waals surface area contributed by atoms with E-state index in [1.54, 1.807) is 7.11 Å². The van der Waals surface area contributed by atoms with Gasteiger partial charge in [0, 0.05) is 23.8 Å². The van der Waals surface area contributed by atoms with E-state index < -0.39 is 0 Å². The lowest BCUT2D eigenvalue weighted by atomic mass is 9.89. The van der Waals surface area contributed by atoms with E-state index in [-0.39, 0.29) is 5.91 Å². The van der Waals surface area contributed by atoms with Crippen molar-refractivity contribution in [2.45, 2.75) is 65.3 Å². The van der Waals surface area contributed by atoms with Gasteiger partial charge in [-0.05, 0) is 50.3 Å². The molecule has 1 heterocycles. The van der Waals surface area contributed by atoms with Gasteiger partial charge in [0.25, 0.3) is 5.91 Å². The van der Waals surface area contributed by atoms with Gasteiger partial charge in [-0.15, -0.1) is 0 Å². The van der Waals surface area contributed by atoms with Gasteiger partial charge >= 0.3 is 0 Å². The fraction of sp³-hybridized carbons (Fsp3) is 0.565. The summed E-state index contributed by atoms with van der Waals surface area (Å²) < 4.78 is 7.77. The maximum atomic E-state index is 12.8. The Morgan fingerprint density at radius 3 is 2.76 bits per heavy atom. The molecule has 6 heteroatoms. The van der Waals surface area contributed by atoms with E-state index in [1.165, 1.54) is 32.1 Å². The van der Waals surface area contributed by atoms with Crippen molar-refractivity contribution < 1.29 is 9.53 Å². The standard InChI is InChI=1S/C23H32ClN3O2/c1-4-5-13-25-23(28)21-16(2)27(15-17-9-7-6-8-10-17)22(26-21)19-14-18(24)11-12-20(19)29-3/h11-12,14,17H,4-10,13,15H2,1-3H3,(H,25,28). The fourth-order valence-corrected chi connectivity index (χ4v) is 4.30. The number of aromatic nitrogens is 2. The second kappa shape index (κ2) is 10.1. The third-order valence-corrected chi connectivity index (χ3v) is 6.05. The van der Waals surface area contributed by atoms with Crippen LogP contribution in [0, 0.1) is 12.8 Å². The molecule has 1 aromatic heterocycles. The number of amides is 1. The van der Waals surface area contributed by atoms with E-state index in [9.17, 15) is 4.79 Å². The molecule has 5 nitrogen and oxygen atoms in total. The van der Waals surface area contributed by atoms with Gasteiger partial charge < -0.3 is 14.6 Å². The summed E-state index contributed by atoms with van der Waals surface area (Å²) in [5.41, 5.74) is 2.22. The molecule has 1 fully saturated rings. The molecule has 0 unspecified atom stereocenters. The molecule has 0 bridgehead atoms. The molecule has 1 saturated carbocycles. The molecule has 3 rings (SSSR count). The number of benzene rings is 1. The number of hydrogen-bond acceptors (Lipinski definition) is 3. The van der Waals surface area contributed by atoms with Crippen molar-refractivity contribution in [3.63, 3.8) is 0 Å². The van der Waals surface area contributed by atoms with Crippen molar-refractivity contribution >= 4 is 17.5 Å². The van der Waals surface area contributed by atoms with Crippen LogP contribution in [-0.2, 0) is 6.54 Å². The maximum absolute atomic E-state index is 12.8. The zero-order valence-corrected chi connectivity index (χ0v) is 18.5. The Hall–Kier alpha value is -2.01. The lowest BCUT2D eigenvalue weighted by molar-refractivity contribution is 0.0948. The van der Waals surface area contributed by atoms with Gasteiger partial charge in [-0.3, -0.25) is 4.79 Å². The van der Waals surface area contributed by atoms with E-state index in [4.69, 9.17) is 21.3 Å². The third-order valence-electron chi connectivity index (χ3n) is 5.82. The van der Waals surface area contributed by atoms with Gasteiger partial charge in [-0.1, -0.05) is 44.2 Å². The molecule has 29 heavy (non-hydrogen) atoms. The largest absolute Gasteiger partial charge is 0.496 e. The van der Waals surface area contributed by atoms with Crippen LogP contribution < -0.4 is 10.1 Å². The molecule has 158 valence electrons. The predicted molar refractivity (Wildman–Crippen MR) is 118 cm³/mol. The van der Waals surface area contributed by atoms with Gasteiger partial charge in [0.1, 0.15) is 17.3 Å². The van der Waals surface area contributed by atoms with E-state index in [0.717, 1.165) is 36.5 Å². The van der Waals surface area contributed by atoms with Gasteiger partial charge in [-0.25, -0.2) is 4.98 Å². The van der Waals surface area contributed by atoms with E-state index in [1.807, 2.05) is 25.1 Å². The van der Waals surface area contributed by atoms with Crippen molar-refractivity contribution in [2.24, 2.45) is 5.92 Å². The molecule has 1 aliphatic carbocycles. The Balaban J connectivity index is 2.01. The highest BCUT2D eigenvalue weighted by atomic mass is 35.5. The van der Waals surface area contributed by atoms with Crippen LogP contribution in [0.2, 0.25) is 5.02 Å². The Bertz CT molecular complexity index is 841. The van der Waals surface area contributed by atoms with Crippen LogP contribution in [-0.4, -0.2) is 29.1 Å². The second-order valence-electron chi connectivity index (χ2n) is 7.94. The molecule has 1 amide bonds. The highest BCUT2D eigenvalue weighted by Crippen LogP contribution is 2.35. The molecule has 0 spiro atoms. The van der Waals surface area contributed by atoms with Crippen molar-refractivity contribution in [1.29, 1.82) is 0 Å². The first-order valence-electron chi connectivity index (χ1n) is 10.7. The van der Waals surface area contributed by atoms with Crippen molar-refractivity contribution in [1.82, 2.24) is 14.9 Å². The molecule has 0 saturated heterocycles. The Morgan fingerprint density at radius 2 is 2.07 bits per heavy atom. The summed E-state index contributed by atoms with van der Waals surface area (Å²) in [5.74, 6) is 1.97. The number of halogens is 1. The second-order valence-corrected chi connectivity index (χ2v) is 8.37. The number of imidazole rings is 1. The van der Waals surface area contributed by atoms with Crippen molar-refractivity contribution in [3.05, 3.63) is 34.6 Å². The normalized spacial score (nSPS) is 14.8. The monoisotopic (exact) mass is 417 g/mol. The number of methoxy groups -OCH3 is 1. The van der Waals surface area contributed by atoms with Crippen LogP contribution in [0.15, 0.2) is 18.2 Å². The predicted octanol–water partition coefficient (Wildman–Crippen LogP) is 5.63. The van der Waals surface area contributed by atoms with E-state index in [0.29, 0.717) is 28.9 Å². The summed E-state index contributed by atoms with van der Waals surface area (Å²) in [5, 5.41) is 3.63. The first-order chi connectivity index (χ1) is 14.0. The summed E-state index contributed by atoms with van der Waals surface area (Å²) in [7, 11) is 1.65. The zero-order chi connectivity index (χ0) is 20.8. The highest BCUT2D eigenvalue weighted by Gasteiger charge is 2.25. The van der Waals surface area contributed by atoms with Crippen LogP contribution in [0.25, 0.3) is 11.4 Å². The van der Waals surface area contributed by atoms with Crippen LogP contribution >= 0.6 is 11.6 Å². The minimum absolute atomic E-state index is 0.111. The minimum Gasteiger partial charge on any atom is -0.496 e. The first-order valence-corrected chi connectivity index (χ1v) is 11.1. The Labute approximate surface area is 178 Å². The number of unbranched alkanes of at least 4 members (excludes halogenated alkanes) is 1. The van der Waals surface area contributed by atoms with Gasteiger partial charge in [0.05, 0.1) is 12.7 Å². The number of carbonyl (C=O) groups is 1. The van der Waals surface area contributed by atoms with Gasteiger partial charge in [-0.2, -0.15) is 0 Å². The van der Waals surface area contributed by atoms with Crippen LogP contribution in [0.3, 0.4) is 0 Å². The number of nitrogens with one attached hydrogen (secondary N) is 1. The molecule has 0 aliphatic heterocycles. The lowest BCUT2D eigenvalue weighted by Gasteiger charge is -2.24. The van der Waals surface area contributed by atoms with E-state index in [2.05, 4.69) is 16.8 Å². The van der Waals surface area contributed by atoms with Crippen molar-refractivity contribution in [2.75, 3.05) is 13.7 Å². The van der Waals surface area contributed by atoms with Crippen molar-refractivity contribution in [3.8, 4) is 17.1 Å². The lowest BCUT2D eigenvalue weighted by Crippen LogP contribution is -2.25. The van der Waals surface area contributed by atoms with Crippen LogP contribution in [0.4, 0.5) is 0 Å². The Morgan fingerprint density at radius 1 is 1.31 bits per heavy atom. The number of rotatable bonds is 8. The molecule has 0 radical (unpaired) electrons. The number of hydrogen-bond donors (Lipinski definition) is 1. The van der Waals surface area contributed by atoms with Gasteiger partial charge in [0.2, 0.25) is 0 Å². The van der Waals surface area contributed by atoms with E-state index >= 15 is 0 Å². The number of ether oxygens (including phenoxy) is 1. The molecular formula is C23H32ClN3O2. The zero-order valence-electron chi connectivity index (χ0n) is 17.8. The topological polar surface area (TPSA) is 56.1 Å². The summed E-state index contributed by atoms with van der Waals surface area (Å²) >= 11 is 6.29. The SMILES string of the molecule is CCCCNC(=O)c1nc(-c2cc(Cl)ccc2OC)n(CC2CCCCC2)c1C. The molecular weight excluding hydrogens is 386 g/mol.